The number of nitrogens with zero attached hydrogens (tertiary/aromatic N) is 1. The van der Waals surface area contributed by atoms with Crippen LogP contribution in [0.3, 0.4) is 0 Å². The first-order valence-corrected chi connectivity index (χ1v) is 14.2. The fraction of sp³-hybridized carbons (Fsp3) is 0.667. The van der Waals surface area contributed by atoms with Crippen LogP contribution in [0, 0.1) is 28.6 Å². The minimum absolute atomic E-state index is 0.172. The molecule has 0 aromatic heterocycles. The Morgan fingerprint density at radius 2 is 1.84 bits per heavy atom. The number of benzene rings is 1. The third-order valence-corrected chi connectivity index (χ3v) is 11.1. The summed E-state index contributed by atoms with van der Waals surface area (Å²) in [4.78, 5) is 27.3. The van der Waals surface area contributed by atoms with Crippen molar-refractivity contribution < 1.29 is 23.5 Å². The van der Waals surface area contributed by atoms with E-state index in [0.29, 0.717) is 48.6 Å². The van der Waals surface area contributed by atoms with Crippen molar-refractivity contribution in [1.82, 2.24) is 10.2 Å². The van der Waals surface area contributed by atoms with Crippen molar-refractivity contribution in [2.45, 2.75) is 96.1 Å². The lowest BCUT2D eigenvalue weighted by Gasteiger charge is -2.56. The van der Waals surface area contributed by atoms with Crippen LogP contribution in [0.4, 0.5) is 13.6 Å². The van der Waals surface area contributed by atoms with Gasteiger partial charge in [0.05, 0.1) is 22.4 Å². The molecule has 2 bridgehead atoms. The van der Waals surface area contributed by atoms with Crippen molar-refractivity contribution in [2.24, 2.45) is 28.6 Å². The van der Waals surface area contributed by atoms with Crippen molar-refractivity contribution in [1.29, 1.82) is 0 Å². The highest BCUT2D eigenvalue weighted by Gasteiger charge is 2.73. The Morgan fingerprint density at radius 1 is 1.16 bits per heavy atom. The van der Waals surface area contributed by atoms with E-state index < -0.39 is 45.6 Å². The first-order chi connectivity index (χ1) is 17.6. The molecule has 5 fully saturated rings. The molecule has 6 aliphatic rings. The van der Waals surface area contributed by atoms with Crippen molar-refractivity contribution in [3.8, 4) is 0 Å². The van der Waals surface area contributed by atoms with Crippen LogP contribution in [-0.2, 0) is 10.3 Å². The zero-order valence-electron chi connectivity index (χ0n) is 22.7. The molecule has 5 saturated carbocycles. The lowest BCUT2D eigenvalue weighted by Crippen LogP contribution is -2.66. The van der Waals surface area contributed by atoms with Gasteiger partial charge < -0.3 is 10.4 Å². The zero-order valence-corrected chi connectivity index (χ0v) is 23.5. The highest BCUT2D eigenvalue weighted by Crippen LogP contribution is 2.69. The minimum atomic E-state index is -2.80. The third kappa shape index (κ3) is 3.32. The number of carboxylic acid groups (broad SMARTS) is 1. The maximum Gasteiger partial charge on any atom is 0.322 e. The second kappa shape index (κ2) is 7.74. The highest BCUT2D eigenvalue weighted by atomic mass is 35.5. The molecule has 38 heavy (non-hydrogen) atoms. The fourth-order valence-electron chi connectivity index (χ4n) is 8.49. The molecule has 1 aromatic rings. The zero-order chi connectivity index (χ0) is 27.6. The van der Waals surface area contributed by atoms with E-state index in [1.165, 1.54) is 0 Å². The van der Waals surface area contributed by atoms with E-state index in [4.69, 9.17) is 11.6 Å². The number of hydrogen-bond acceptors (Lipinski definition) is 2. The predicted octanol–water partition coefficient (Wildman–Crippen LogP) is 7.30. The molecule has 1 aliphatic heterocycles. The van der Waals surface area contributed by atoms with Crippen LogP contribution in [-0.4, -0.2) is 33.5 Å². The van der Waals surface area contributed by atoms with E-state index in [1.807, 2.05) is 33.0 Å². The smallest absolute Gasteiger partial charge is 0.322 e. The monoisotopic (exact) mass is 546 g/mol. The van der Waals surface area contributed by atoms with Gasteiger partial charge in [-0.1, -0.05) is 58.4 Å². The van der Waals surface area contributed by atoms with Crippen molar-refractivity contribution in [3.63, 3.8) is 0 Å². The number of halogens is 3. The summed E-state index contributed by atoms with van der Waals surface area (Å²) in [5.74, 6) is -4.67. The topological polar surface area (TPSA) is 69.6 Å². The van der Waals surface area contributed by atoms with Crippen LogP contribution in [0.25, 0.3) is 0 Å². The third-order valence-electron chi connectivity index (χ3n) is 10.8. The van der Waals surface area contributed by atoms with Gasteiger partial charge in [-0.15, -0.1) is 0 Å². The second-order valence-electron chi connectivity index (χ2n) is 14.0. The van der Waals surface area contributed by atoms with Crippen LogP contribution in [0.2, 0.25) is 5.02 Å². The molecular weight excluding hydrogens is 510 g/mol. The number of hydrogen-bond donors (Lipinski definition) is 2. The largest absolute Gasteiger partial charge is 0.481 e. The van der Waals surface area contributed by atoms with Gasteiger partial charge >= 0.3 is 12.0 Å². The van der Waals surface area contributed by atoms with Gasteiger partial charge in [0, 0.05) is 17.1 Å². The summed E-state index contributed by atoms with van der Waals surface area (Å²) < 4.78 is 29.7. The molecule has 0 spiro atoms. The normalized spacial score (nSPS) is 41.1. The number of rotatable bonds is 4. The Labute approximate surface area is 228 Å². The molecule has 5 atom stereocenters. The summed E-state index contributed by atoms with van der Waals surface area (Å²) in [5, 5.41) is 13.4. The molecule has 7 rings (SSSR count). The van der Waals surface area contributed by atoms with Crippen molar-refractivity contribution in [3.05, 3.63) is 46.1 Å². The first-order valence-electron chi connectivity index (χ1n) is 13.8. The summed E-state index contributed by atoms with van der Waals surface area (Å²) in [7, 11) is 0. The lowest BCUT2D eigenvalue weighted by molar-refractivity contribution is -0.156. The predicted molar refractivity (Wildman–Crippen MR) is 141 cm³/mol. The SMILES string of the molecule is C[C@H]1CCC2(c3ccc(C4C(C(C)(C)C)C4(F)F)c(Cl)c3)NC(=O)N(C34CCC(C(=O)O)(C3)C4)C=C2[C@@H]1C. The van der Waals surface area contributed by atoms with Gasteiger partial charge in [0.25, 0.3) is 5.92 Å². The van der Waals surface area contributed by atoms with E-state index in [0.717, 1.165) is 17.6 Å². The number of aliphatic carboxylic acids is 1. The van der Waals surface area contributed by atoms with E-state index in [2.05, 4.69) is 19.2 Å². The Kier molecular flexibility index (Phi) is 5.31. The number of amides is 2. The van der Waals surface area contributed by atoms with E-state index in [9.17, 15) is 23.5 Å². The number of fused-ring (bicyclic) bond motifs is 2. The lowest BCUT2D eigenvalue weighted by atomic mass is 9.62. The molecule has 0 radical (unpaired) electrons. The second-order valence-corrected chi connectivity index (χ2v) is 14.4. The number of nitrogens with one attached hydrogen (secondary N) is 1. The Hall–Kier alpha value is -2.15. The molecule has 5 nitrogen and oxygen atoms in total. The molecule has 2 N–H and O–H groups in total. The van der Waals surface area contributed by atoms with Gasteiger partial charge in [-0.05, 0) is 78.5 Å². The average molecular weight is 547 g/mol. The molecule has 3 unspecified atom stereocenters. The van der Waals surface area contributed by atoms with Crippen LogP contribution >= 0.6 is 11.6 Å². The van der Waals surface area contributed by atoms with Gasteiger partial charge in [-0.2, -0.15) is 0 Å². The molecule has 8 heteroatoms. The van der Waals surface area contributed by atoms with Crippen LogP contribution in [0.1, 0.15) is 90.2 Å². The number of urea groups is 1. The quantitative estimate of drug-likeness (QED) is 0.416. The van der Waals surface area contributed by atoms with E-state index >= 15 is 0 Å². The highest BCUT2D eigenvalue weighted by molar-refractivity contribution is 6.31. The summed E-state index contributed by atoms with van der Waals surface area (Å²) in [6.07, 6.45) is 5.81. The standard InChI is InChI=1S/C30H37ClF2N2O3/c1-16-8-9-29(18-6-7-19(21(31)12-18)22-23(26(3,4)5)30(22,32)33)20(17(16)2)13-35(25(38)34-29)28-11-10-27(14-28,15-28)24(36)37/h6-7,12-13,16-17,22-23H,8-11,14-15H2,1-5H3,(H,34,38)(H,36,37)/t16-,17+,22?,23?,27?,28?,29?/m0/s1. The molecule has 1 heterocycles. The average Bonchev–Trinajstić information content (AvgIpc) is 3.09. The number of alkyl halides is 2. The Balaban J connectivity index is 1.38. The molecule has 2 amide bonds. The van der Waals surface area contributed by atoms with Crippen molar-refractivity contribution in [2.75, 3.05) is 0 Å². The number of carbonyl (C=O) groups is 2. The van der Waals surface area contributed by atoms with Crippen LogP contribution in [0.5, 0.6) is 0 Å². The summed E-state index contributed by atoms with van der Waals surface area (Å²) in [5.41, 5.74) is -0.107. The molecule has 1 aromatic carbocycles. The molecule has 206 valence electrons. The van der Waals surface area contributed by atoms with Gasteiger partial charge in [-0.3, -0.25) is 9.69 Å². The Bertz CT molecular complexity index is 1260. The summed E-state index contributed by atoms with van der Waals surface area (Å²) in [6, 6.07) is 5.16. The molecular formula is C30H37ClF2N2O3. The number of carbonyl (C=O) groups excluding carboxylic acids is 1. The summed E-state index contributed by atoms with van der Waals surface area (Å²) in [6.45, 7) is 9.89. The first kappa shape index (κ1) is 26.1. The van der Waals surface area contributed by atoms with Crippen LogP contribution in [0.15, 0.2) is 30.0 Å². The summed E-state index contributed by atoms with van der Waals surface area (Å²) >= 11 is 6.73. The number of carboxylic acids is 1. The van der Waals surface area contributed by atoms with Gasteiger partial charge in [-0.25, -0.2) is 13.6 Å². The fourth-order valence-corrected chi connectivity index (χ4v) is 8.79. The van der Waals surface area contributed by atoms with Gasteiger partial charge in [0.1, 0.15) is 0 Å². The minimum Gasteiger partial charge on any atom is -0.481 e. The Morgan fingerprint density at radius 3 is 2.39 bits per heavy atom. The molecule has 0 saturated heterocycles. The van der Waals surface area contributed by atoms with E-state index in [-0.39, 0.29) is 11.9 Å². The van der Waals surface area contributed by atoms with Crippen LogP contribution < -0.4 is 5.32 Å². The van der Waals surface area contributed by atoms with Gasteiger partial charge in [0.15, 0.2) is 0 Å². The molecule has 5 aliphatic carbocycles. The van der Waals surface area contributed by atoms with Crippen molar-refractivity contribution >= 4 is 23.6 Å². The van der Waals surface area contributed by atoms with E-state index in [1.54, 1.807) is 17.0 Å². The van der Waals surface area contributed by atoms with Gasteiger partial charge in [0.2, 0.25) is 0 Å². The maximum absolute atomic E-state index is 14.8. The maximum atomic E-state index is 14.8.